The maximum Gasteiger partial charge on any atom is 0.303 e. The highest BCUT2D eigenvalue weighted by atomic mass is 32.1. The van der Waals surface area contributed by atoms with Crippen LogP contribution >= 0.6 is 11.3 Å². The van der Waals surface area contributed by atoms with Gasteiger partial charge in [0, 0.05) is 29.6 Å². The van der Waals surface area contributed by atoms with Crippen LogP contribution in [0.15, 0.2) is 41.5 Å². The van der Waals surface area contributed by atoms with Gasteiger partial charge in [0.15, 0.2) is 0 Å². The van der Waals surface area contributed by atoms with E-state index in [2.05, 4.69) is 11.4 Å². The van der Waals surface area contributed by atoms with Crippen LogP contribution in [-0.2, 0) is 11.2 Å². The summed E-state index contributed by atoms with van der Waals surface area (Å²) < 4.78 is 0. The van der Waals surface area contributed by atoms with Gasteiger partial charge in [0.1, 0.15) is 0 Å². The zero-order valence-electron chi connectivity index (χ0n) is 15.5. The minimum atomic E-state index is -0.799. The molecule has 0 radical (unpaired) electrons. The number of hydrogen-bond donors (Lipinski definition) is 4. The Labute approximate surface area is 164 Å². The van der Waals surface area contributed by atoms with Crippen LogP contribution in [0.3, 0.4) is 0 Å². The maximum atomic E-state index is 10.5. The van der Waals surface area contributed by atoms with E-state index in [0.29, 0.717) is 19.3 Å². The zero-order chi connectivity index (χ0) is 19.6. The molecule has 1 aromatic rings. The highest BCUT2D eigenvalue weighted by molar-refractivity contribution is 7.09. The van der Waals surface area contributed by atoms with Gasteiger partial charge in [-0.15, -0.1) is 11.3 Å². The number of allylic oxidation sites excluding steroid dienone is 3. The number of aliphatic carboxylic acids is 1. The molecule has 2 unspecified atom stereocenters. The van der Waals surface area contributed by atoms with E-state index >= 15 is 0 Å². The molecule has 1 aliphatic rings. The molecule has 1 aliphatic carbocycles. The van der Waals surface area contributed by atoms with E-state index < -0.39 is 24.1 Å². The number of unbranched alkanes of at least 4 members (excludes halogenated alkanes) is 2. The summed E-state index contributed by atoms with van der Waals surface area (Å²) in [7, 11) is 0. The average Bonchev–Trinajstić information content (AvgIpc) is 3.22. The first-order valence-electron chi connectivity index (χ1n) is 9.63. The van der Waals surface area contributed by atoms with Gasteiger partial charge in [-0.25, -0.2) is 0 Å². The topological polar surface area (TPSA) is 98.0 Å². The molecular weight excluding hydrogens is 364 g/mol. The Morgan fingerprint density at radius 1 is 1.15 bits per heavy atom. The molecule has 6 heteroatoms. The molecule has 0 aromatic carbocycles. The SMILES string of the molecule is O=C(O)CCC/C=C\CC1C(/C(O)=C\CCCc2cccs2)[C@H](O)C[C@@H]1O. The van der Waals surface area contributed by atoms with Crippen molar-refractivity contribution in [1.82, 2.24) is 0 Å². The number of carboxylic acid groups (broad SMARTS) is 1. The van der Waals surface area contributed by atoms with E-state index in [1.165, 1.54) is 4.88 Å². The van der Waals surface area contributed by atoms with Crippen LogP contribution in [0.4, 0.5) is 0 Å². The molecule has 0 saturated heterocycles. The second-order valence-corrected chi connectivity index (χ2v) is 8.19. The van der Waals surface area contributed by atoms with Crippen molar-refractivity contribution in [2.45, 2.75) is 63.6 Å². The van der Waals surface area contributed by atoms with E-state index in [1.807, 2.05) is 18.2 Å². The second-order valence-electron chi connectivity index (χ2n) is 7.15. The summed E-state index contributed by atoms with van der Waals surface area (Å²) in [5.41, 5.74) is 0. The van der Waals surface area contributed by atoms with Crippen molar-refractivity contribution in [2.75, 3.05) is 0 Å². The van der Waals surface area contributed by atoms with Crippen LogP contribution in [-0.4, -0.2) is 38.6 Å². The molecule has 0 amide bonds. The molecule has 0 aliphatic heterocycles. The largest absolute Gasteiger partial charge is 0.512 e. The van der Waals surface area contributed by atoms with Crippen molar-refractivity contribution in [3.8, 4) is 0 Å². The Morgan fingerprint density at radius 3 is 2.67 bits per heavy atom. The lowest BCUT2D eigenvalue weighted by atomic mass is 9.88. The molecule has 150 valence electrons. The van der Waals surface area contributed by atoms with E-state index in [1.54, 1.807) is 17.4 Å². The van der Waals surface area contributed by atoms with Gasteiger partial charge >= 0.3 is 5.97 Å². The summed E-state index contributed by atoms with van der Waals surface area (Å²) in [6.45, 7) is 0. The predicted octanol–water partition coefficient (Wildman–Crippen LogP) is 4.07. The Hall–Kier alpha value is -1.63. The number of carboxylic acids is 1. The molecule has 0 bridgehead atoms. The molecule has 27 heavy (non-hydrogen) atoms. The molecule has 1 saturated carbocycles. The molecule has 4 atom stereocenters. The minimum Gasteiger partial charge on any atom is -0.512 e. The van der Waals surface area contributed by atoms with Gasteiger partial charge in [-0.2, -0.15) is 0 Å². The lowest BCUT2D eigenvalue weighted by Gasteiger charge is -2.22. The summed E-state index contributed by atoms with van der Waals surface area (Å²) in [4.78, 5) is 11.8. The van der Waals surface area contributed by atoms with Crippen LogP contribution in [0.2, 0.25) is 0 Å². The number of hydrogen-bond acceptors (Lipinski definition) is 5. The van der Waals surface area contributed by atoms with Gasteiger partial charge in [0.2, 0.25) is 0 Å². The Bertz CT molecular complexity index is 623. The average molecular weight is 395 g/mol. The molecule has 1 aromatic heterocycles. The molecular formula is C21H30O5S. The lowest BCUT2D eigenvalue weighted by Crippen LogP contribution is -2.23. The van der Waals surface area contributed by atoms with Gasteiger partial charge < -0.3 is 20.4 Å². The first kappa shape index (κ1) is 21.7. The van der Waals surface area contributed by atoms with Crippen LogP contribution in [0, 0.1) is 11.8 Å². The van der Waals surface area contributed by atoms with Crippen molar-refractivity contribution in [2.24, 2.45) is 11.8 Å². The van der Waals surface area contributed by atoms with Gasteiger partial charge in [0.05, 0.1) is 18.0 Å². The lowest BCUT2D eigenvalue weighted by molar-refractivity contribution is -0.137. The van der Waals surface area contributed by atoms with Gasteiger partial charge in [-0.1, -0.05) is 18.2 Å². The molecule has 5 nitrogen and oxygen atoms in total. The molecule has 1 heterocycles. The number of thiophene rings is 1. The first-order valence-corrected chi connectivity index (χ1v) is 10.5. The third kappa shape index (κ3) is 7.13. The van der Waals surface area contributed by atoms with Gasteiger partial charge in [-0.3, -0.25) is 4.79 Å². The summed E-state index contributed by atoms with van der Waals surface area (Å²) in [6.07, 6.45) is 9.12. The van der Waals surface area contributed by atoms with Crippen molar-refractivity contribution in [3.63, 3.8) is 0 Å². The fourth-order valence-corrected chi connectivity index (χ4v) is 4.42. The summed E-state index contributed by atoms with van der Waals surface area (Å²) in [5, 5.41) is 41.7. The molecule has 0 spiro atoms. The number of aryl methyl sites for hydroxylation is 1. The summed E-state index contributed by atoms with van der Waals surface area (Å²) >= 11 is 1.73. The second kappa shape index (κ2) is 11.3. The zero-order valence-corrected chi connectivity index (χ0v) is 16.4. The maximum absolute atomic E-state index is 10.5. The minimum absolute atomic E-state index is 0.146. The van der Waals surface area contributed by atoms with Crippen molar-refractivity contribution >= 4 is 17.3 Å². The van der Waals surface area contributed by atoms with E-state index in [9.17, 15) is 20.1 Å². The van der Waals surface area contributed by atoms with Crippen LogP contribution < -0.4 is 0 Å². The fraction of sp³-hybridized carbons (Fsp3) is 0.571. The van der Waals surface area contributed by atoms with E-state index in [-0.39, 0.29) is 24.5 Å². The first-order chi connectivity index (χ1) is 13.0. The number of rotatable bonds is 11. The molecule has 2 rings (SSSR count). The Kier molecular flexibility index (Phi) is 9.04. The molecule has 1 fully saturated rings. The fourth-order valence-electron chi connectivity index (χ4n) is 3.67. The number of carbonyl (C=O) groups is 1. The Balaban J connectivity index is 1.82. The van der Waals surface area contributed by atoms with Crippen molar-refractivity contribution in [1.29, 1.82) is 0 Å². The standard InChI is InChI=1S/C21H30O5S/c22-17(11-6-5-8-15-9-7-13-27-15)21-16(18(23)14-19(21)24)10-3-1-2-4-12-20(25)26/h1,3,7,9,11,13,16,18-19,21-24H,2,4-6,8,10,12,14H2,(H,25,26)/b3-1-,17-11+/t16?,18-,19+,21?/m0/s1. The van der Waals surface area contributed by atoms with E-state index in [4.69, 9.17) is 5.11 Å². The smallest absolute Gasteiger partial charge is 0.303 e. The van der Waals surface area contributed by atoms with Gasteiger partial charge in [-0.05, 0) is 56.0 Å². The number of aliphatic hydroxyl groups is 3. The highest BCUT2D eigenvalue weighted by Gasteiger charge is 2.43. The van der Waals surface area contributed by atoms with Crippen molar-refractivity contribution < 1.29 is 25.2 Å². The van der Waals surface area contributed by atoms with E-state index in [0.717, 1.165) is 19.3 Å². The summed E-state index contributed by atoms with van der Waals surface area (Å²) in [6, 6.07) is 4.13. The van der Waals surface area contributed by atoms with Crippen molar-refractivity contribution in [3.05, 3.63) is 46.4 Å². The third-order valence-electron chi connectivity index (χ3n) is 5.09. The molecule has 4 N–H and O–H groups in total. The van der Waals surface area contributed by atoms with Crippen LogP contribution in [0.5, 0.6) is 0 Å². The Morgan fingerprint density at radius 2 is 1.96 bits per heavy atom. The quantitative estimate of drug-likeness (QED) is 0.258. The number of aliphatic hydroxyl groups excluding tert-OH is 3. The third-order valence-corrected chi connectivity index (χ3v) is 6.03. The highest BCUT2D eigenvalue weighted by Crippen LogP contribution is 2.39. The normalized spacial score (nSPS) is 26.1. The predicted molar refractivity (Wildman–Crippen MR) is 107 cm³/mol. The van der Waals surface area contributed by atoms with Crippen LogP contribution in [0.25, 0.3) is 0 Å². The van der Waals surface area contributed by atoms with Gasteiger partial charge in [0.25, 0.3) is 0 Å². The summed E-state index contributed by atoms with van der Waals surface area (Å²) in [5.74, 6) is -1.28. The monoisotopic (exact) mass is 394 g/mol. The van der Waals surface area contributed by atoms with Crippen LogP contribution in [0.1, 0.15) is 49.8 Å².